The van der Waals surface area contributed by atoms with Crippen LogP contribution in [0.15, 0.2) is 53.9 Å². The standard InChI is InChI=1S/C22H20FN3O2S/c1-14-8-9-17(12-15(14)2)24-21(28)11-10-18-13-29-22(25-18)26(16(3)27)20-7-5-4-6-19(20)23/h4-13H,1-3H3,(H,24,28)/b11-10+. The zero-order chi connectivity index (χ0) is 21.0. The minimum Gasteiger partial charge on any atom is -0.323 e. The summed E-state index contributed by atoms with van der Waals surface area (Å²) in [7, 11) is 0. The van der Waals surface area contributed by atoms with Gasteiger partial charge in [-0.05, 0) is 55.3 Å². The van der Waals surface area contributed by atoms with Gasteiger partial charge in [-0.15, -0.1) is 11.3 Å². The van der Waals surface area contributed by atoms with E-state index in [-0.39, 0.29) is 17.5 Å². The highest BCUT2D eigenvalue weighted by Gasteiger charge is 2.20. The smallest absolute Gasteiger partial charge is 0.248 e. The summed E-state index contributed by atoms with van der Waals surface area (Å²) >= 11 is 1.19. The van der Waals surface area contributed by atoms with E-state index in [1.807, 2.05) is 32.0 Å². The quantitative estimate of drug-likeness (QED) is 0.587. The number of hydrogen-bond donors (Lipinski definition) is 1. The van der Waals surface area contributed by atoms with Crippen LogP contribution in [0.4, 0.5) is 20.9 Å². The van der Waals surface area contributed by atoms with Crippen molar-refractivity contribution in [1.82, 2.24) is 4.98 Å². The fourth-order valence-electron chi connectivity index (χ4n) is 2.66. The van der Waals surface area contributed by atoms with E-state index in [1.54, 1.807) is 23.6 Å². The minimum absolute atomic E-state index is 0.136. The van der Waals surface area contributed by atoms with E-state index in [2.05, 4.69) is 10.3 Å². The van der Waals surface area contributed by atoms with Crippen molar-refractivity contribution < 1.29 is 14.0 Å². The van der Waals surface area contributed by atoms with E-state index >= 15 is 0 Å². The molecule has 7 heteroatoms. The Hall–Kier alpha value is -3.32. The van der Waals surface area contributed by atoms with E-state index in [9.17, 15) is 14.0 Å². The average Bonchev–Trinajstić information content (AvgIpc) is 3.13. The number of nitrogens with zero attached hydrogens (tertiary/aromatic N) is 2. The molecule has 3 aromatic rings. The normalized spacial score (nSPS) is 10.9. The highest BCUT2D eigenvalue weighted by atomic mass is 32.1. The Kier molecular flexibility index (Phi) is 6.19. The summed E-state index contributed by atoms with van der Waals surface area (Å²) in [5, 5.41) is 4.83. The van der Waals surface area contributed by atoms with Gasteiger partial charge in [-0.25, -0.2) is 9.37 Å². The van der Waals surface area contributed by atoms with E-state index in [0.29, 0.717) is 16.5 Å². The van der Waals surface area contributed by atoms with Gasteiger partial charge in [-0.3, -0.25) is 14.5 Å². The molecule has 0 saturated heterocycles. The summed E-state index contributed by atoms with van der Waals surface area (Å²) < 4.78 is 14.1. The van der Waals surface area contributed by atoms with Gasteiger partial charge in [0.05, 0.1) is 11.4 Å². The van der Waals surface area contributed by atoms with Gasteiger partial charge in [0.15, 0.2) is 5.13 Å². The number of thiazole rings is 1. The SMILES string of the molecule is CC(=O)N(c1nc(/C=C/C(=O)Nc2ccc(C)c(C)c2)cs1)c1ccccc1F. The van der Waals surface area contributed by atoms with Crippen LogP contribution in [-0.2, 0) is 9.59 Å². The van der Waals surface area contributed by atoms with Crippen LogP contribution in [0.25, 0.3) is 6.08 Å². The van der Waals surface area contributed by atoms with Crippen LogP contribution in [0.1, 0.15) is 23.7 Å². The number of para-hydroxylation sites is 1. The molecule has 1 N–H and O–H groups in total. The molecule has 0 atom stereocenters. The van der Waals surface area contributed by atoms with Crippen molar-refractivity contribution in [2.45, 2.75) is 20.8 Å². The molecule has 0 aliphatic carbocycles. The predicted octanol–water partition coefficient (Wildman–Crippen LogP) is 5.24. The molecule has 1 heterocycles. The molecule has 29 heavy (non-hydrogen) atoms. The van der Waals surface area contributed by atoms with Crippen LogP contribution in [-0.4, -0.2) is 16.8 Å². The zero-order valence-corrected chi connectivity index (χ0v) is 17.1. The topological polar surface area (TPSA) is 62.3 Å². The molecule has 1 aromatic heterocycles. The van der Waals surface area contributed by atoms with Gasteiger partial charge in [-0.1, -0.05) is 18.2 Å². The highest BCUT2D eigenvalue weighted by molar-refractivity contribution is 7.14. The predicted molar refractivity (Wildman–Crippen MR) is 115 cm³/mol. The summed E-state index contributed by atoms with van der Waals surface area (Å²) in [6.45, 7) is 5.33. The maximum Gasteiger partial charge on any atom is 0.248 e. The molecule has 2 amide bonds. The molecule has 0 spiro atoms. The molecule has 148 valence electrons. The van der Waals surface area contributed by atoms with Crippen molar-refractivity contribution in [3.63, 3.8) is 0 Å². The summed E-state index contributed by atoms with van der Waals surface area (Å²) in [5.74, 6) is -1.16. The molecule has 5 nitrogen and oxygen atoms in total. The van der Waals surface area contributed by atoms with Gasteiger partial charge in [0.25, 0.3) is 0 Å². The van der Waals surface area contributed by atoms with Crippen molar-refractivity contribution in [2.24, 2.45) is 0 Å². The molecule has 0 unspecified atom stereocenters. The third-order valence-corrected chi connectivity index (χ3v) is 5.13. The third kappa shape index (κ3) is 4.94. The zero-order valence-electron chi connectivity index (χ0n) is 16.3. The molecule has 0 fully saturated rings. The number of nitrogens with one attached hydrogen (secondary N) is 1. The number of carbonyl (C=O) groups excluding carboxylic acids is 2. The Morgan fingerprint density at radius 3 is 2.59 bits per heavy atom. The van der Waals surface area contributed by atoms with Crippen LogP contribution >= 0.6 is 11.3 Å². The van der Waals surface area contributed by atoms with Crippen molar-refractivity contribution in [1.29, 1.82) is 0 Å². The Morgan fingerprint density at radius 2 is 1.90 bits per heavy atom. The lowest BCUT2D eigenvalue weighted by Crippen LogP contribution is -2.23. The van der Waals surface area contributed by atoms with Crippen LogP contribution in [0, 0.1) is 19.7 Å². The molecule has 0 saturated carbocycles. The fourth-order valence-corrected chi connectivity index (χ4v) is 3.51. The first-order chi connectivity index (χ1) is 13.8. The Balaban J connectivity index is 1.74. The van der Waals surface area contributed by atoms with Gasteiger partial charge < -0.3 is 5.32 Å². The Bertz CT molecular complexity index is 1090. The second kappa shape index (κ2) is 8.79. The van der Waals surface area contributed by atoms with Crippen molar-refractivity contribution in [3.05, 3.63) is 76.6 Å². The summed E-state index contributed by atoms with van der Waals surface area (Å²) in [4.78, 5) is 29.8. The van der Waals surface area contributed by atoms with Crippen molar-refractivity contribution in [3.8, 4) is 0 Å². The summed E-state index contributed by atoms with van der Waals surface area (Å²) in [5.41, 5.74) is 3.59. The largest absolute Gasteiger partial charge is 0.323 e. The number of rotatable bonds is 5. The van der Waals surface area contributed by atoms with Crippen LogP contribution in [0.3, 0.4) is 0 Å². The van der Waals surface area contributed by atoms with Gasteiger partial charge in [0.1, 0.15) is 5.82 Å². The number of hydrogen-bond acceptors (Lipinski definition) is 4. The molecule has 0 radical (unpaired) electrons. The van der Waals surface area contributed by atoms with E-state index in [0.717, 1.165) is 11.1 Å². The number of aryl methyl sites for hydroxylation is 2. The van der Waals surface area contributed by atoms with Gasteiger partial charge in [0, 0.05) is 24.1 Å². The van der Waals surface area contributed by atoms with E-state index in [1.165, 1.54) is 41.4 Å². The maximum absolute atomic E-state index is 14.1. The molecular weight excluding hydrogens is 389 g/mol. The fraction of sp³-hybridized carbons (Fsp3) is 0.136. The monoisotopic (exact) mass is 409 g/mol. The Morgan fingerprint density at radius 1 is 1.14 bits per heavy atom. The number of benzene rings is 2. The number of carbonyl (C=O) groups is 2. The summed E-state index contributed by atoms with van der Waals surface area (Å²) in [6, 6.07) is 11.7. The first kappa shape index (κ1) is 20.4. The average molecular weight is 409 g/mol. The molecule has 0 aliphatic heterocycles. The second-order valence-corrected chi connectivity index (χ2v) is 7.32. The van der Waals surface area contributed by atoms with Crippen LogP contribution < -0.4 is 10.2 Å². The van der Waals surface area contributed by atoms with Gasteiger partial charge >= 0.3 is 0 Å². The van der Waals surface area contributed by atoms with Crippen LogP contribution in [0.5, 0.6) is 0 Å². The van der Waals surface area contributed by atoms with E-state index < -0.39 is 5.82 Å². The van der Waals surface area contributed by atoms with Gasteiger partial charge in [-0.2, -0.15) is 0 Å². The first-order valence-corrected chi connectivity index (χ1v) is 9.80. The van der Waals surface area contributed by atoms with Crippen molar-refractivity contribution in [2.75, 3.05) is 10.2 Å². The third-order valence-electron chi connectivity index (χ3n) is 4.29. The maximum atomic E-state index is 14.1. The number of amides is 2. The first-order valence-electron chi connectivity index (χ1n) is 8.92. The lowest BCUT2D eigenvalue weighted by molar-refractivity contribution is -0.116. The molecule has 2 aromatic carbocycles. The van der Waals surface area contributed by atoms with Crippen molar-refractivity contribution >= 4 is 45.7 Å². The number of aromatic nitrogens is 1. The molecule has 0 bridgehead atoms. The number of anilines is 3. The van der Waals surface area contributed by atoms with E-state index in [4.69, 9.17) is 0 Å². The molecule has 3 rings (SSSR count). The Labute approximate surface area is 172 Å². The lowest BCUT2D eigenvalue weighted by Gasteiger charge is -2.18. The second-order valence-electron chi connectivity index (χ2n) is 6.48. The number of halogens is 1. The summed E-state index contributed by atoms with van der Waals surface area (Å²) in [6.07, 6.45) is 2.92. The lowest BCUT2D eigenvalue weighted by atomic mass is 10.1. The van der Waals surface area contributed by atoms with Gasteiger partial charge in [0.2, 0.25) is 11.8 Å². The molecular formula is C22H20FN3O2S. The molecule has 0 aliphatic rings. The highest BCUT2D eigenvalue weighted by Crippen LogP contribution is 2.31. The minimum atomic E-state index is -0.511. The van der Waals surface area contributed by atoms with Crippen LogP contribution in [0.2, 0.25) is 0 Å².